The number of amides is 1. The Hall–Kier alpha value is -3.35. The van der Waals surface area contributed by atoms with Crippen LogP contribution in [0.5, 0.6) is 5.75 Å². The van der Waals surface area contributed by atoms with Crippen LogP contribution < -0.4 is 10.1 Å². The van der Waals surface area contributed by atoms with Gasteiger partial charge in [-0.15, -0.1) is 0 Å². The smallest absolute Gasteiger partial charge is 0.411 e. The molecule has 0 aliphatic carbocycles. The minimum atomic E-state index is -0.564. The normalized spacial score (nSPS) is 10.3. The molecule has 7 nitrogen and oxygen atoms in total. The van der Waals surface area contributed by atoms with Gasteiger partial charge in [0.15, 0.2) is 5.82 Å². The van der Waals surface area contributed by atoms with Crippen molar-refractivity contribution in [3.8, 4) is 17.2 Å². The number of hydrogen-bond acceptors (Lipinski definition) is 6. The maximum Gasteiger partial charge on any atom is 0.411 e. The summed E-state index contributed by atoms with van der Waals surface area (Å²) in [5.74, 6) is 1.67. The number of methoxy groups -OCH3 is 2. The fourth-order valence-electron chi connectivity index (χ4n) is 2.30. The van der Waals surface area contributed by atoms with Crippen LogP contribution in [0.15, 0.2) is 53.1 Å². The first kappa shape index (κ1) is 16.5. The zero-order valence-electron chi connectivity index (χ0n) is 13.9. The Morgan fingerprint density at radius 2 is 1.88 bits per heavy atom. The minimum absolute atomic E-state index is 0.329. The average molecular weight is 339 g/mol. The molecule has 0 radical (unpaired) electrons. The Kier molecular flexibility index (Phi) is 4.94. The fourth-order valence-corrected chi connectivity index (χ4v) is 2.30. The predicted molar refractivity (Wildman–Crippen MR) is 91.6 cm³/mol. The molecule has 0 aliphatic heterocycles. The van der Waals surface area contributed by atoms with Crippen molar-refractivity contribution in [3.05, 3.63) is 59.9 Å². The van der Waals surface area contributed by atoms with Gasteiger partial charge < -0.3 is 14.0 Å². The molecule has 3 rings (SSSR count). The van der Waals surface area contributed by atoms with Gasteiger partial charge >= 0.3 is 6.09 Å². The van der Waals surface area contributed by atoms with Crippen LogP contribution in [0.4, 0.5) is 10.5 Å². The van der Waals surface area contributed by atoms with Crippen molar-refractivity contribution in [2.45, 2.75) is 6.42 Å². The molecular formula is C18H17N3O4. The van der Waals surface area contributed by atoms with Crippen LogP contribution in [0.1, 0.15) is 11.4 Å². The highest BCUT2D eigenvalue weighted by molar-refractivity contribution is 5.89. The van der Waals surface area contributed by atoms with E-state index in [2.05, 4.69) is 20.2 Å². The number of nitrogens with one attached hydrogen (secondary N) is 1. The molecule has 1 aromatic heterocycles. The summed E-state index contributed by atoms with van der Waals surface area (Å²) in [6.07, 6.45) is -0.0366. The Morgan fingerprint density at radius 3 is 2.60 bits per heavy atom. The highest BCUT2D eigenvalue weighted by atomic mass is 16.5. The standard InChI is InChI=1S/C18H17N3O4/c1-23-13-9-7-12(8-10-13)11-16-20-17(25-21-16)14-5-3-4-6-15(14)19-18(22)24-2/h3-10H,11H2,1-2H3,(H,19,22). The molecule has 0 spiro atoms. The van der Waals surface area contributed by atoms with Crippen LogP contribution in [0.25, 0.3) is 11.5 Å². The highest BCUT2D eigenvalue weighted by Gasteiger charge is 2.14. The molecule has 0 saturated carbocycles. The molecule has 0 aliphatic rings. The Labute approximate surface area is 144 Å². The monoisotopic (exact) mass is 339 g/mol. The maximum atomic E-state index is 11.5. The molecule has 7 heteroatoms. The van der Waals surface area contributed by atoms with Crippen molar-refractivity contribution < 1.29 is 18.8 Å². The van der Waals surface area contributed by atoms with Crippen LogP contribution in [0, 0.1) is 0 Å². The van der Waals surface area contributed by atoms with E-state index >= 15 is 0 Å². The molecule has 0 bridgehead atoms. The van der Waals surface area contributed by atoms with Crippen molar-refractivity contribution in [3.63, 3.8) is 0 Å². The summed E-state index contributed by atoms with van der Waals surface area (Å²) in [6.45, 7) is 0. The SMILES string of the molecule is COC(=O)Nc1ccccc1-c1nc(Cc2ccc(OC)cc2)no1. The molecule has 1 amide bonds. The first-order valence-electron chi connectivity index (χ1n) is 7.59. The second kappa shape index (κ2) is 7.48. The summed E-state index contributed by atoms with van der Waals surface area (Å²) in [4.78, 5) is 15.9. The third-order valence-electron chi connectivity index (χ3n) is 3.57. The van der Waals surface area contributed by atoms with Gasteiger partial charge in [0.1, 0.15) is 5.75 Å². The summed E-state index contributed by atoms with van der Waals surface area (Å²) in [5, 5.41) is 6.64. The minimum Gasteiger partial charge on any atom is -0.497 e. The van der Waals surface area contributed by atoms with E-state index < -0.39 is 6.09 Å². The molecule has 0 unspecified atom stereocenters. The van der Waals surface area contributed by atoms with E-state index in [1.54, 1.807) is 25.3 Å². The molecule has 0 atom stereocenters. The van der Waals surface area contributed by atoms with Crippen LogP contribution in [0.3, 0.4) is 0 Å². The molecule has 0 fully saturated rings. The van der Waals surface area contributed by atoms with Crippen LogP contribution >= 0.6 is 0 Å². The van der Waals surface area contributed by atoms with E-state index in [0.717, 1.165) is 11.3 Å². The summed E-state index contributed by atoms with van der Waals surface area (Å²) < 4.78 is 15.1. The quantitative estimate of drug-likeness (QED) is 0.765. The number of carbonyl (C=O) groups excluding carboxylic acids is 1. The number of para-hydroxylation sites is 1. The van der Waals surface area contributed by atoms with Crippen molar-refractivity contribution in [2.24, 2.45) is 0 Å². The molecular weight excluding hydrogens is 322 g/mol. The van der Waals surface area contributed by atoms with Crippen LogP contribution in [-0.4, -0.2) is 30.5 Å². The number of benzene rings is 2. The second-order valence-electron chi connectivity index (χ2n) is 5.20. The van der Waals surface area contributed by atoms with E-state index in [1.165, 1.54) is 7.11 Å². The molecule has 2 aromatic carbocycles. The fraction of sp³-hybridized carbons (Fsp3) is 0.167. The lowest BCUT2D eigenvalue weighted by Crippen LogP contribution is -2.11. The first-order chi connectivity index (χ1) is 12.2. The third-order valence-corrected chi connectivity index (χ3v) is 3.57. The van der Waals surface area contributed by atoms with E-state index in [1.807, 2.05) is 30.3 Å². The number of aromatic nitrogens is 2. The molecule has 1 N–H and O–H groups in total. The van der Waals surface area contributed by atoms with Gasteiger partial charge in [-0.2, -0.15) is 4.98 Å². The summed E-state index contributed by atoms with van der Waals surface area (Å²) >= 11 is 0. The first-order valence-corrected chi connectivity index (χ1v) is 7.59. The summed E-state index contributed by atoms with van der Waals surface area (Å²) in [5.41, 5.74) is 2.20. The largest absolute Gasteiger partial charge is 0.497 e. The van der Waals surface area contributed by atoms with Gasteiger partial charge in [0, 0.05) is 6.42 Å². The van der Waals surface area contributed by atoms with Gasteiger partial charge in [0.2, 0.25) is 0 Å². The third kappa shape index (κ3) is 3.95. The van der Waals surface area contributed by atoms with Crippen molar-refractivity contribution in [1.29, 1.82) is 0 Å². The van der Waals surface area contributed by atoms with Crippen molar-refractivity contribution >= 4 is 11.8 Å². The lowest BCUT2D eigenvalue weighted by molar-refractivity contribution is 0.187. The van der Waals surface area contributed by atoms with Gasteiger partial charge in [0.25, 0.3) is 5.89 Å². The van der Waals surface area contributed by atoms with E-state index in [4.69, 9.17) is 9.26 Å². The second-order valence-corrected chi connectivity index (χ2v) is 5.20. The Bertz CT molecular complexity index is 859. The van der Waals surface area contributed by atoms with Crippen LogP contribution in [-0.2, 0) is 11.2 Å². The number of carbonyl (C=O) groups is 1. The van der Waals surface area contributed by atoms with Gasteiger partial charge in [0.05, 0.1) is 25.5 Å². The van der Waals surface area contributed by atoms with E-state index in [0.29, 0.717) is 29.4 Å². The Balaban J connectivity index is 1.80. The molecule has 3 aromatic rings. The Morgan fingerprint density at radius 1 is 1.12 bits per heavy atom. The molecule has 0 saturated heterocycles. The number of hydrogen-bond donors (Lipinski definition) is 1. The van der Waals surface area contributed by atoms with Gasteiger partial charge in [-0.1, -0.05) is 29.4 Å². The lowest BCUT2D eigenvalue weighted by Gasteiger charge is -2.06. The molecule has 25 heavy (non-hydrogen) atoms. The van der Waals surface area contributed by atoms with Gasteiger partial charge in [-0.05, 0) is 29.8 Å². The molecule has 128 valence electrons. The van der Waals surface area contributed by atoms with E-state index in [9.17, 15) is 4.79 Å². The predicted octanol–water partition coefficient (Wildman–Crippen LogP) is 3.51. The summed E-state index contributed by atoms with van der Waals surface area (Å²) in [7, 11) is 2.93. The average Bonchev–Trinajstić information content (AvgIpc) is 3.11. The number of ether oxygens (including phenoxy) is 2. The maximum absolute atomic E-state index is 11.5. The zero-order valence-corrected chi connectivity index (χ0v) is 13.9. The number of rotatable bonds is 5. The highest BCUT2D eigenvalue weighted by Crippen LogP contribution is 2.27. The number of nitrogens with zero attached hydrogens (tertiary/aromatic N) is 2. The van der Waals surface area contributed by atoms with Crippen molar-refractivity contribution in [1.82, 2.24) is 10.1 Å². The van der Waals surface area contributed by atoms with Crippen molar-refractivity contribution in [2.75, 3.05) is 19.5 Å². The van der Waals surface area contributed by atoms with Gasteiger partial charge in [-0.25, -0.2) is 4.79 Å². The van der Waals surface area contributed by atoms with Gasteiger partial charge in [-0.3, -0.25) is 5.32 Å². The topological polar surface area (TPSA) is 86.5 Å². The van der Waals surface area contributed by atoms with E-state index in [-0.39, 0.29) is 0 Å². The number of anilines is 1. The lowest BCUT2D eigenvalue weighted by atomic mass is 10.1. The summed E-state index contributed by atoms with van der Waals surface area (Å²) in [6, 6.07) is 14.8. The van der Waals surface area contributed by atoms with Crippen LogP contribution in [0.2, 0.25) is 0 Å². The molecule has 1 heterocycles. The zero-order chi connectivity index (χ0) is 17.6.